The van der Waals surface area contributed by atoms with Gasteiger partial charge in [-0.1, -0.05) is 60.7 Å². The lowest BCUT2D eigenvalue weighted by Crippen LogP contribution is -1.98. The van der Waals surface area contributed by atoms with E-state index in [1.807, 2.05) is 60.7 Å². The van der Waals surface area contributed by atoms with Gasteiger partial charge in [-0.15, -0.1) is 0 Å². The Morgan fingerprint density at radius 1 is 0.800 bits per heavy atom. The predicted molar refractivity (Wildman–Crippen MR) is 81.2 cm³/mol. The molecule has 0 saturated heterocycles. The molecule has 0 aliphatic carbocycles. The van der Waals surface area contributed by atoms with Crippen LogP contribution in [-0.4, -0.2) is 12.8 Å². The summed E-state index contributed by atoms with van der Waals surface area (Å²) in [6, 6.07) is 19.7. The summed E-state index contributed by atoms with van der Waals surface area (Å²) in [7, 11) is -2.02. The number of hydrogen-bond acceptors (Lipinski definition) is 3. The summed E-state index contributed by atoms with van der Waals surface area (Å²) in [5.41, 5.74) is 2.16. The highest BCUT2D eigenvalue weighted by molar-refractivity contribution is 7.39. The average molecular weight is 290 g/mol. The van der Waals surface area contributed by atoms with E-state index in [-0.39, 0.29) is 0 Å². The maximum Gasteiger partial charge on any atom is 0.194 e. The van der Waals surface area contributed by atoms with E-state index >= 15 is 0 Å². The lowest BCUT2D eigenvalue weighted by atomic mass is 10.2. The first-order chi connectivity index (χ1) is 9.84. The molecular weight excluding hydrogens is 271 g/mol. The van der Waals surface area contributed by atoms with E-state index in [0.29, 0.717) is 26.0 Å². The van der Waals surface area contributed by atoms with Crippen LogP contribution in [0.5, 0.6) is 0 Å². The zero-order valence-corrected chi connectivity index (χ0v) is 12.3. The molecule has 0 aromatic heterocycles. The maximum absolute atomic E-state index is 11.7. The Morgan fingerprint density at radius 2 is 1.35 bits per heavy atom. The van der Waals surface area contributed by atoms with Gasteiger partial charge >= 0.3 is 0 Å². The van der Waals surface area contributed by atoms with Crippen LogP contribution < -0.4 is 0 Å². The quantitative estimate of drug-likeness (QED) is 0.546. The maximum atomic E-state index is 11.7. The molecule has 0 aliphatic rings. The molecule has 0 radical (unpaired) electrons. The van der Waals surface area contributed by atoms with Crippen molar-refractivity contribution >= 4 is 8.03 Å². The minimum Gasteiger partial charge on any atom is -0.376 e. The predicted octanol–water partition coefficient (Wildman–Crippen LogP) is 3.89. The Morgan fingerprint density at radius 3 is 1.95 bits per heavy atom. The zero-order chi connectivity index (χ0) is 14.0. The smallest absolute Gasteiger partial charge is 0.194 e. The minimum absolute atomic E-state index is 0.400. The Bertz CT molecular complexity index is 514. The number of hydrogen-bond donors (Lipinski definition) is 0. The van der Waals surface area contributed by atoms with E-state index in [2.05, 4.69) is 0 Å². The molecule has 0 N–H and O–H groups in total. The van der Waals surface area contributed by atoms with Crippen LogP contribution in [0.15, 0.2) is 60.7 Å². The standard InChI is InChI=1S/C16H19O3P/c17-20(19-14-16-9-5-2-6-10-16)12-11-18-13-15-7-3-1-4-8-15/h1-10,20H,11-14H2. The third-order valence-corrected chi connectivity index (χ3v) is 3.88. The van der Waals surface area contributed by atoms with Crippen LogP contribution in [-0.2, 0) is 27.0 Å². The minimum atomic E-state index is -2.02. The van der Waals surface area contributed by atoms with E-state index in [9.17, 15) is 4.57 Å². The molecule has 1 unspecified atom stereocenters. The van der Waals surface area contributed by atoms with E-state index in [4.69, 9.17) is 9.26 Å². The second kappa shape index (κ2) is 8.70. The molecule has 2 aromatic rings. The van der Waals surface area contributed by atoms with Gasteiger partial charge in [0.05, 0.1) is 19.8 Å². The van der Waals surface area contributed by atoms with Gasteiger partial charge in [0.15, 0.2) is 8.03 Å². The Kier molecular flexibility index (Phi) is 6.52. The summed E-state index contributed by atoms with van der Waals surface area (Å²) in [5, 5.41) is 0. The fraction of sp³-hybridized carbons (Fsp3) is 0.250. The van der Waals surface area contributed by atoms with E-state index in [1.54, 1.807) is 0 Å². The van der Waals surface area contributed by atoms with Gasteiger partial charge < -0.3 is 9.26 Å². The van der Waals surface area contributed by atoms with Gasteiger partial charge in [0.2, 0.25) is 0 Å². The molecule has 0 aliphatic heterocycles. The van der Waals surface area contributed by atoms with Crippen molar-refractivity contribution in [2.24, 2.45) is 0 Å². The fourth-order valence-corrected chi connectivity index (χ4v) is 2.51. The summed E-state index contributed by atoms with van der Waals surface area (Å²) in [6.45, 7) is 1.41. The average Bonchev–Trinajstić information content (AvgIpc) is 2.52. The molecule has 0 amide bonds. The molecule has 0 heterocycles. The Balaban J connectivity index is 1.59. The van der Waals surface area contributed by atoms with Crippen molar-refractivity contribution in [1.29, 1.82) is 0 Å². The summed E-state index contributed by atoms with van der Waals surface area (Å²) >= 11 is 0. The number of benzene rings is 2. The van der Waals surface area contributed by atoms with Gasteiger partial charge in [0.25, 0.3) is 0 Å². The second-order valence-electron chi connectivity index (χ2n) is 4.43. The monoisotopic (exact) mass is 290 g/mol. The van der Waals surface area contributed by atoms with Crippen molar-refractivity contribution < 1.29 is 13.8 Å². The van der Waals surface area contributed by atoms with E-state index in [1.165, 1.54) is 0 Å². The molecule has 0 spiro atoms. The topological polar surface area (TPSA) is 35.5 Å². The first-order valence-corrected chi connectivity index (χ1v) is 8.18. The van der Waals surface area contributed by atoms with Gasteiger partial charge in [-0.3, -0.25) is 4.57 Å². The second-order valence-corrected chi connectivity index (χ2v) is 5.97. The van der Waals surface area contributed by atoms with Gasteiger partial charge in [-0.05, 0) is 11.1 Å². The van der Waals surface area contributed by atoms with Crippen molar-refractivity contribution in [3.63, 3.8) is 0 Å². The third kappa shape index (κ3) is 5.70. The largest absolute Gasteiger partial charge is 0.376 e. The van der Waals surface area contributed by atoms with Gasteiger partial charge in [-0.2, -0.15) is 0 Å². The lowest BCUT2D eigenvalue weighted by molar-refractivity contribution is 0.133. The number of ether oxygens (including phenoxy) is 1. The first kappa shape index (κ1) is 15.0. The Labute approximate surface area is 120 Å². The molecule has 20 heavy (non-hydrogen) atoms. The summed E-state index contributed by atoms with van der Waals surface area (Å²) in [6.07, 6.45) is 0.463. The molecular formula is C16H19O3P. The van der Waals surface area contributed by atoms with E-state index in [0.717, 1.165) is 11.1 Å². The van der Waals surface area contributed by atoms with Crippen LogP contribution in [0, 0.1) is 0 Å². The molecule has 2 aromatic carbocycles. The van der Waals surface area contributed by atoms with Crippen LogP contribution in [0.4, 0.5) is 0 Å². The van der Waals surface area contributed by atoms with Crippen molar-refractivity contribution in [2.45, 2.75) is 13.2 Å². The molecule has 2 rings (SSSR count). The van der Waals surface area contributed by atoms with Gasteiger partial charge in [-0.25, -0.2) is 0 Å². The molecule has 106 valence electrons. The highest BCUT2D eigenvalue weighted by Crippen LogP contribution is 2.23. The van der Waals surface area contributed by atoms with Gasteiger partial charge in [0.1, 0.15) is 0 Å². The summed E-state index contributed by atoms with van der Waals surface area (Å²) in [5.74, 6) is 0. The number of rotatable bonds is 8. The lowest BCUT2D eigenvalue weighted by Gasteiger charge is -2.06. The fourth-order valence-electron chi connectivity index (χ4n) is 1.73. The van der Waals surface area contributed by atoms with Crippen molar-refractivity contribution in [3.8, 4) is 0 Å². The normalized spacial score (nSPS) is 12.2. The Hall–Kier alpha value is -1.41. The summed E-state index contributed by atoms with van der Waals surface area (Å²) < 4.78 is 22.5. The molecule has 0 fully saturated rings. The first-order valence-electron chi connectivity index (χ1n) is 6.66. The van der Waals surface area contributed by atoms with E-state index < -0.39 is 8.03 Å². The third-order valence-electron chi connectivity index (χ3n) is 2.80. The molecule has 1 atom stereocenters. The molecule has 0 saturated carbocycles. The van der Waals surface area contributed by atoms with Crippen LogP contribution >= 0.6 is 8.03 Å². The van der Waals surface area contributed by atoms with Crippen LogP contribution in [0.25, 0.3) is 0 Å². The SMILES string of the molecule is O=[PH](CCOCc1ccccc1)OCc1ccccc1. The van der Waals surface area contributed by atoms with Crippen LogP contribution in [0.1, 0.15) is 11.1 Å². The van der Waals surface area contributed by atoms with Gasteiger partial charge in [0, 0.05) is 6.16 Å². The van der Waals surface area contributed by atoms with Crippen molar-refractivity contribution in [2.75, 3.05) is 12.8 Å². The van der Waals surface area contributed by atoms with Crippen molar-refractivity contribution in [1.82, 2.24) is 0 Å². The van der Waals surface area contributed by atoms with Crippen LogP contribution in [0.2, 0.25) is 0 Å². The van der Waals surface area contributed by atoms with Crippen molar-refractivity contribution in [3.05, 3.63) is 71.8 Å². The van der Waals surface area contributed by atoms with Crippen LogP contribution in [0.3, 0.4) is 0 Å². The summed E-state index contributed by atoms with van der Waals surface area (Å²) in [4.78, 5) is 0. The molecule has 3 nitrogen and oxygen atoms in total. The highest BCUT2D eigenvalue weighted by atomic mass is 31.1. The zero-order valence-electron chi connectivity index (χ0n) is 11.3. The highest BCUT2D eigenvalue weighted by Gasteiger charge is 2.01. The molecule has 0 bridgehead atoms. The molecule has 4 heteroatoms.